The Morgan fingerprint density at radius 3 is 2.39 bits per heavy atom. The lowest BCUT2D eigenvalue weighted by Crippen LogP contribution is -2.63. The van der Waals surface area contributed by atoms with Crippen molar-refractivity contribution in [2.75, 3.05) is 0 Å². The second kappa shape index (κ2) is 7.83. The second-order valence-corrected chi connectivity index (χ2v) is 12.2. The first-order valence-corrected chi connectivity index (χ1v) is 13.5. The molecule has 3 nitrogen and oxygen atoms in total. The summed E-state index contributed by atoms with van der Waals surface area (Å²) in [4.78, 5) is 9.01. The lowest BCUT2D eigenvalue weighted by molar-refractivity contribution is 0.463. The molecular weight excluding hydrogens is 420 g/mol. The zero-order valence-electron chi connectivity index (χ0n) is 19.2. The van der Waals surface area contributed by atoms with Crippen LogP contribution in [0.1, 0.15) is 1.37 Å². The number of nitrogens with zero attached hydrogens (tertiary/aromatic N) is 2. The van der Waals surface area contributed by atoms with Gasteiger partial charge in [-0.15, -0.1) is 0 Å². The quantitative estimate of drug-likeness (QED) is 0.366. The van der Waals surface area contributed by atoms with E-state index >= 15 is 0 Å². The Hall–Kier alpha value is -4.02. The summed E-state index contributed by atoms with van der Waals surface area (Å²) >= 11 is 0. The van der Waals surface area contributed by atoms with Crippen LogP contribution in [0, 0.1) is 0 Å². The molecule has 0 bridgehead atoms. The Balaban J connectivity index is 1.46. The number of benzene rings is 3. The smallest absolute Gasteiger partial charge is 0.219 e. The molecule has 3 heterocycles. The Labute approximate surface area is 195 Å². The fraction of sp³-hybridized carbons (Fsp3) is 0.0345. The summed E-state index contributed by atoms with van der Waals surface area (Å²) in [5, 5.41) is 3.81. The first-order chi connectivity index (χ1) is 16.6. The predicted molar refractivity (Wildman–Crippen MR) is 136 cm³/mol. The summed E-state index contributed by atoms with van der Waals surface area (Å²) in [7, 11) is -2.30. The van der Waals surface area contributed by atoms with Gasteiger partial charge in [0.1, 0.15) is 5.75 Å². The molecule has 2 aromatic heterocycles. The van der Waals surface area contributed by atoms with E-state index in [4.69, 9.17) is 11.1 Å². The highest BCUT2D eigenvalue weighted by Crippen LogP contribution is 2.32. The van der Waals surface area contributed by atoms with Crippen LogP contribution >= 0.6 is 0 Å². The van der Waals surface area contributed by atoms with Crippen molar-refractivity contribution in [3.05, 3.63) is 115 Å². The largest absolute Gasteiger partial charge is 0.439 e. The molecule has 3 aromatic carbocycles. The van der Waals surface area contributed by atoms with Crippen LogP contribution in [0.25, 0.3) is 22.3 Å². The number of aromatic nitrogens is 2. The van der Waals surface area contributed by atoms with Gasteiger partial charge in [0, 0.05) is 23.8 Å². The van der Waals surface area contributed by atoms with Gasteiger partial charge in [0.2, 0.25) is 5.88 Å². The molecule has 0 N–H and O–H groups in total. The number of rotatable bonds is 4. The van der Waals surface area contributed by atoms with Crippen molar-refractivity contribution < 1.29 is 6.11 Å². The maximum absolute atomic E-state index is 7.90. The Morgan fingerprint density at radius 1 is 0.697 bits per heavy atom. The van der Waals surface area contributed by atoms with E-state index in [1.165, 1.54) is 21.5 Å². The summed E-state index contributed by atoms with van der Waals surface area (Å²) in [6.07, 6.45) is 3.39. The van der Waals surface area contributed by atoms with Crippen LogP contribution in [0.15, 0.2) is 115 Å². The zero-order valence-corrected chi connectivity index (χ0v) is 19.2. The molecule has 1 aliphatic heterocycles. The maximum Gasteiger partial charge on any atom is 0.219 e. The summed E-state index contributed by atoms with van der Waals surface area (Å²) in [6, 6.07) is 33.6. The number of ether oxygens (including phenoxy) is 1. The minimum absolute atomic E-state index is 0.436. The highest BCUT2D eigenvalue weighted by atomic mass is 28.3. The molecule has 158 valence electrons. The first kappa shape index (κ1) is 18.5. The van der Waals surface area contributed by atoms with Gasteiger partial charge in [-0.25, -0.2) is 4.98 Å². The van der Waals surface area contributed by atoms with Crippen LogP contribution in [0.3, 0.4) is 0 Å². The fourth-order valence-corrected chi connectivity index (χ4v) is 8.80. The van der Waals surface area contributed by atoms with Crippen molar-refractivity contribution in [2.45, 2.75) is 6.55 Å². The molecule has 4 heteroatoms. The predicted octanol–water partition coefficient (Wildman–Crippen LogP) is 5.02. The molecule has 1 aliphatic rings. The molecule has 0 saturated carbocycles. The number of pyridine rings is 2. The van der Waals surface area contributed by atoms with Crippen molar-refractivity contribution >= 4 is 23.8 Å². The summed E-state index contributed by atoms with van der Waals surface area (Å²) in [6.45, 7) is 2.37. The molecule has 0 spiro atoms. The van der Waals surface area contributed by atoms with E-state index < -0.39 is 8.07 Å². The average Bonchev–Trinajstić information content (AvgIpc) is 3.14. The lowest BCUT2D eigenvalue weighted by Gasteiger charge is -2.24. The molecule has 0 fully saturated rings. The van der Waals surface area contributed by atoms with E-state index in [2.05, 4.69) is 66.1 Å². The highest BCUT2D eigenvalue weighted by Gasteiger charge is 2.44. The minimum Gasteiger partial charge on any atom is -0.439 e. The Kier molecular flexibility index (Phi) is 4.40. The van der Waals surface area contributed by atoms with Gasteiger partial charge in [0.25, 0.3) is 0 Å². The third-order valence-electron chi connectivity index (χ3n) is 6.47. The number of hydrogen-bond acceptors (Lipinski definition) is 3. The summed E-state index contributed by atoms with van der Waals surface area (Å²) in [5.41, 5.74) is 4.82. The molecule has 0 saturated heterocycles. The average molecular weight is 444 g/mol. The minimum atomic E-state index is -2.30. The maximum atomic E-state index is 7.90. The van der Waals surface area contributed by atoms with Crippen molar-refractivity contribution in [1.29, 1.82) is 0 Å². The van der Waals surface area contributed by atoms with E-state index in [1.54, 1.807) is 12.4 Å². The van der Waals surface area contributed by atoms with Crippen LogP contribution < -0.4 is 20.4 Å². The van der Waals surface area contributed by atoms with Crippen molar-refractivity contribution in [3.63, 3.8) is 0 Å². The van der Waals surface area contributed by atoms with Gasteiger partial charge in [-0.05, 0) is 62.9 Å². The third kappa shape index (κ3) is 3.27. The van der Waals surface area contributed by atoms with Crippen molar-refractivity contribution in [3.8, 4) is 33.9 Å². The number of hydrogen-bond donors (Lipinski definition) is 0. The van der Waals surface area contributed by atoms with Crippen molar-refractivity contribution in [1.82, 2.24) is 9.97 Å². The monoisotopic (exact) mass is 443 g/mol. The van der Waals surface area contributed by atoms with Gasteiger partial charge < -0.3 is 4.74 Å². The van der Waals surface area contributed by atoms with E-state index in [1.807, 2.05) is 42.5 Å². The summed E-state index contributed by atoms with van der Waals surface area (Å²) in [5.74, 6) is 1.33. The molecule has 5 aromatic rings. The normalized spacial score (nSPS) is 16.6. The molecule has 1 atom stereocenters. The van der Waals surface area contributed by atoms with Gasteiger partial charge in [-0.1, -0.05) is 73.3 Å². The molecule has 0 amide bonds. The highest BCUT2D eigenvalue weighted by molar-refractivity contribution is 7.13. The zero-order chi connectivity index (χ0) is 23.1. The molecule has 0 radical (unpaired) electrons. The molecule has 6 rings (SSSR count). The van der Waals surface area contributed by atoms with Crippen LogP contribution in [0.2, 0.25) is 6.55 Å². The SMILES string of the molecule is [2H]c1ccc([Si]2(C)c3ccccc3-c3ccc(-c4cccc(Oc5ccccn5)c4)cc32)nc1. The van der Waals surface area contributed by atoms with Gasteiger partial charge >= 0.3 is 0 Å². The topological polar surface area (TPSA) is 35.0 Å². The van der Waals surface area contributed by atoms with Gasteiger partial charge in [-0.2, -0.15) is 0 Å². The Morgan fingerprint density at radius 2 is 1.55 bits per heavy atom. The van der Waals surface area contributed by atoms with Crippen molar-refractivity contribution in [2.24, 2.45) is 0 Å². The van der Waals surface area contributed by atoms with Crippen LogP contribution in [-0.4, -0.2) is 18.0 Å². The second-order valence-electron chi connectivity index (χ2n) is 8.37. The molecular formula is C29H22N2OSi. The van der Waals surface area contributed by atoms with Gasteiger partial charge in [0.05, 0.1) is 1.37 Å². The van der Waals surface area contributed by atoms with Crippen LogP contribution in [-0.2, 0) is 0 Å². The molecule has 1 unspecified atom stereocenters. The van der Waals surface area contributed by atoms with E-state index in [9.17, 15) is 0 Å². The molecule has 33 heavy (non-hydrogen) atoms. The first-order valence-electron chi connectivity index (χ1n) is 11.5. The number of fused-ring (bicyclic) bond motifs is 3. The fourth-order valence-electron chi connectivity index (χ4n) is 4.83. The van der Waals surface area contributed by atoms with Crippen LogP contribution in [0.5, 0.6) is 11.6 Å². The van der Waals surface area contributed by atoms with Crippen LogP contribution in [0.4, 0.5) is 0 Å². The van der Waals surface area contributed by atoms with E-state index in [0.29, 0.717) is 11.9 Å². The summed E-state index contributed by atoms with van der Waals surface area (Å²) < 4.78 is 13.9. The molecule has 0 aliphatic carbocycles. The standard InChI is InChI=1S/C29H22N2OSi/c1-33(29-14-5-7-18-31-29)26-12-3-2-11-24(26)25-16-15-22(20-27(25)33)21-9-8-10-23(19-21)32-28-13-4-6-17-30-28/h2-20H,1H3/i7D. The van der Waals surface area contributed by atoms with Gasteiger partial charge in [-0.3, -0.25) is 4.98 Å². The third-order valence-corrected chi connectivity index (χ3v) is 10.8. The lowest BCUT2D eigenvalue weighted by atomic mass is 10.0. The van der Waals surface area contributed by atoms with Gasteiger partial charge in [0.15, 0.2) is 8.07 Å². The van der Waals surface area contributed by atoms with E-state index in [0.717, 1.165) is 22.2 Å². The van der Waals surface area contributed by atoms with E-state index in [-0.39, 0.29) is 0 Å². The Bertz CT molecular complexity index is 1500.